The number of carboxylic acid groups (broad SMARTS) is 1. The van der Waals surface area contributed by atoms with Gasteiger partial charge in [-0.25, -0.2) is 9.78 Å². The molecule has 0 aliphatic carbocycles. The first-order chi connectivity index (χ1) is 7.61. The zero-order valence-electron chi connectivity index (χ0n) is 9.43. The number of nitrogens with zero attached hydrogens (tertiary/aromatic N) is 1. The Morgan fingerprint density at radius 2 is 2.38 bits per heavy atom. The first-order valence-electron chi connectivity index (χ1n) is 5.15. The maximum absolute atomic E-state index is 10.9. The van der Waals surface area contributed by atoms with Crippen LogP contribution in [0.5, 0.6) is 0 Å². The maximum atomic E-state index is 10.9. The molecule has 2 N–H and O–H groups in total. The van der Waals surface area contributed by atoms with Gasteiger partial charge in [0, 0.05) is 12.7 Å². The van der Waals surface area contributed by atoms with E-state index >= 15 is 0 Å². The van der Waals surface area contributed by atoms with E-state index in [9.17, 15) is 4.79 Å². The second kappa shape index (κ2) is 6.07. The molecule has 1 aromatic heterocycles. The van der Waals surface area contributed by atoms with E-state index in [1.54, 1.807) is 12.3 Å². The average molecular weight is 224 g/mol. The number of rotatable bonds is 6. The lowest BCUT2D eigenvalue weighted by molar-refractivity contribution is 0.0696. The number of aromatic carboxylic acids is 1. The number of carbonyl (C=O) groups is 1. The largest absolute Gasteiger partial charge is 0.478 e. The molecule has 0 saturated heterocycles. The second-order valence-corrected chi connectivity index (χ2v) is 3.55. The maximum Gasteiger partial charge on any atom is 0.339 e. The molecular weight excluding hydrogens is 208 g/mol. The Morgan fingerprint density at radius 1 is 1.62 bits per heavy atom. The highest BCUT2D eigenvalue weighted by atomic mass is 16.5. The van der Waals surface area contributed by atoms with Gasteiger partial charge in [0.05, 0.1) is 12.7 Å². The molecule has 0 aliphatic heterocycles. The fourth-order valence-electron chi connectivity index (χ4n) is 1.18. The molecule has 0 spiro atoms. The summed E-state index contributed by atoms with van der Waals surface area (Å²) in [6.07, 6.45) is 1.72. The van der Waals surface area contributed by atoms with Crippen molar-refractivity contribution in [1.82, 2.24) is 4.98 Å². The molecule has 1 aromatic rings. The van der Waals surface area contributed by atoms with Crippen LogP contribution in [-0.4, -0.2) is 35.3 Å². The van der Waals surface area contributed by atoms with Crippen LogP contribution in [0.1, 0.15) is 24.2 Å². The van der Waals surface area contributed by atoms with Crippen LogP contribution < -0.4 is 5.32 Å². The van der Waals surface area contributed by atoms with Crippen molar-refractivity contribution in [2.45, 2.75) is 20.0 Å². The van der Waals surface area contributed by atoms with Crippen molar-refractivity contribution < 1.29 is 14.6 Å². The topological polar surface area (TPSA) is 71.5 Å². The Hall–Kier alpha value is -1.62. The van der Waals surface area contributed by atoms with Crippen LogP contribution in [0.15, 0.2) is 18.3 Å². The van der Waals surface area contributed by atoms with E-state index in [2.05, 4.69) is 10.3 Å². The summed E-state index contributed by atoms with van der Waals surface area (Å²) in [6.45, 7) is 4.95. The lowest BCUT2D eigenvalue weighted by Gasteiger charge is -2.10. The minimum Gasteiger partial charge on any atom is -0.478 e. The molecule has 88 valence electrons. The van der Waals surface area contributed by atoms with Gasteiger partial charge >= 0.3 is 5.97 Å². The molecule has 16 heavy (non-hydrogen) atoms. The Bertz CT molecular complexity index is 353. The lowest BCUT2D eigenvalue weighted by atomic mass is 10.2. The zero-order valence-corrected chi connectivity index (χ0v) is 9.43. The van der Waals surface area contributed by atoms with Crippen LogP contribution in [0.2, 0.25) is 0 Å². The van der Waals surface area contributed by atoms with E-state index in [0.717, 1.165) is 0 Å². The van der Waals surface area contributed by atoms with E-state index in [1.807, 2.05) is 13.8 Å². The number of pyridine rings is 1. The van der Waals surface area contributed by atoms with E-state index in [1.165, 1.54) is 6.07 Å². The average Bonchev–Trinajstić information content (AvgIpc) is 2.24. The fourth-order valence-corrected chi connectivity index (χ4v) is 1.18. The van der Waals surface area contributed by atoms with Crippen molar-refractivity contribution in [1.29, 1.82) is 0 Å². The van der Waals surface area contributed by atoms with Crippen molar-refractivity contribution in [3.63, 3.8) is 0 Å². The van der Waals surface area contributed by atoms with Gasteiger partial charge in [0.1, 0.15) is 11.4 Å². The Kier molecular flexibility index (Phi) is 4.72. The van der Waals surface area contributed by atoms with Crippen LogP contribution >= 0.6 is 0 Å². The summed E-state index contributed by atoms with van der Waals surface area (Å²) in [5, 5.41) is 11.8. The molecule has 0 atom stereocenters. The summed E-state index contributed by atoms with van der Waals surface area (Å²) in [6, 6.07) is 3.11. The standard InChI is InChI=1S/C11H16N2O3/c1-8(2)16-7-6-13-10-9(11(14)15)4-3-5-12-10/h3-5,8H,6-7H2,1-2H3,(H,12,13)(H,14,15). The fraction of sp³-hybridized carbons (Fsp3) is 0.455. The predicted molar refractivity (Wildman–Crippen MR) is 60.8 cm³/mol. The molecule has 0 unspecified atom stereocenters. The van der Waals surface area contributed by atoms with Crippen molar-refractivity contribution in [3.8, 4) is 0 Å². The van der Waals surface area contributed by atoms with E-state index in [4.69, 9.17) is 9.84 Å². The molecule has 5 nitrogen and oxygen atoms in total. The van der Waals surface area contributed by atoms with Gasteiger partial charge in [-0.3, -0.25) is 0 Å². The molecule has 0 saturated carbocycles. The zero-order chi connectivity index (χ0) is 12.0. The summed E-state index contributed by atoms with van der Waals surface area (Å²) in [5.41, 5.74) is 0.173. The monoisotopic (exact) mass is 224 g/mol. The van der Waals surface area contributed by atoms with Gasteiger partial charge in [-0.1, -0.05) is 0 Å². The number of carboxylic acids is 1. The SMILES string of the molecule is CC(C)OCCNc1ncccc1C(=O)O. The molecule has 1 rings (SSSR count). The van der Waals surface area contributed by atoms with Gasteiger partial charge in [0.2, 0.25) is 0 Å². The first kappa shape index (κ1) is 12.4. The minimum atomic E-state index is -0.986. The van der Waals surface area contributed by atoms with Crippen molar-refractivity contribution in [3.05, 3.63) is 23.9 Å². The minimum absolute atomic E-state index is 0.171. The van der Waals surface area contributed by atoms with Crippen molar-refractivity contribution >= 4 is 11.8 Å². The molecule has 0 fully saturated rings. The van der Waals surface area contributed by atoms with Gasteiger partial charge in [0.25, 0.3) is 0 Å². The summed E-state index contributed by atoms with van der Waals surface area (Å²) < 4.78 is 5.33. The highest BCUT2D eigenvalue weighted by Crippen LogP contribution is 2.10. The third kappa shape index (κ3) is 3.86. The highest BCUT2D eigenvalue weighted by Gasteiger charge is 2.09. The molecule has 0 amide bonds. The predicted octanol–water partition coefficient (Wildman–Crippen LogP) is 1.62. The van der Waals surface area contributed by atoms with Crippen molar-refractivity contribution in [2.24, 2.45) is 0 Å². The summed E-state index contributed by atoms with van der Waals surface area (Å²) in [5.74, 6) is -0.609. The van der Waals surface area contributed by atoms with E-state index in [0.29, 0.717) is 19.0 Å². The van der Waals surface area contributed by atoms with E-state index in [-0.39, 0.29) is 11.7 Å². The van der Waals surface area contributed by atoms with Gasteiger partial charge in [-0.15, -0.1) is 0 Å². The molecular formula is C11H16N2O3. The van der Waals surface area contributed by atoms with E-state index < -0.39 is 5.97 Å². The third-order valence-corrected chi connectivity index (χ3v) is 1.88. The van der Waals surface area contributed by atoms with Gasteiger partial charge in [-0.2, -0.15) is 0 Å². The van der Waals surface area contributed by atoms with Crippen LogP contribution in [0.3, 0.4) is 0 Å². The molecule has 0 aromatic carbocycles. The smallest absolute Gasteiger partial charge is 0.339 e. The molecule has 5 heteroatoms. The van der Waals surface area contributed by atoms with Crippen LogP contribution in [-0.2, 0) is 4.74 Å². The van der Waals surface area contributed by atoms with Gasteiger partial charge < -0.3 is 15.2 Å². The van der Waals surface area contributed by atoms with Crippen LogP contribution in [0, 0.1) is 0 Å². The highest BCUT2D eigenvalue weighted by molar-refractivity contribution is 5.92. The van der Waals surface area contributed by atoms with Gasteiger partial charge in [-0.05, 0) is 26.0 Å². The number of ether oxygens (including phenoxy) is 1. The summed E-state index contributed by atoms with van der Waals surface area (Å²) >= 11 is 0. The number of aromatic nitrogens is 1. The quantitative estimate of drug-likeness (QED) is 0.718. The Labute approximate surface area is 94.5 Å². The molecule has 1 heterocycles. The molecule has 0 aliphatic rings. The molecule has 0 radical (unpaired) electrons. The number of nitrogens with one attached hydrogen (secondary N) is 1. The number of hydrogen-bond donors (Lipinski definition) is 2. The normalized spacial score (nSPS) is 10.4. The lowest BCUT2D eigenvalue weighted by Crippen LogP contribution is -2.15. The summed E-state index contributed by atoms with van der Waals surface area (Å²) in [4.78, 5) is 14.8. The number of hydrogen-bond acceptors (Lipinski definition) is 4. The first-order valence-corrected chi connectivity index (χ1v) is 5.15. The summed E-state index contributed by atoms with van der Waals surface area (Å²) in [7, 11) is 0. The second-order valence-electron chi connectivity index (χ2n) is 3.55. The Balaban J connectivity index is 2.50. The van der Waals surface area contributed by atoms with Gasteiger partial charge in [0.15, 0.2) is 0 Å². The third-order valence-electron chi connectivity index (χ3n) is 1.88. The van der Waals surface area contributed by atoms with Crippen LogP contribution in [0.25, 0.3) is 0 Å². The number of anilines is 1. The molecule has 0 bridgehead atoms. The van der Waals surface area contributed by atoms with Crippen molar-refractivity contribution in [2.75, 3.05) is 18.5 Å². The van der Waals surface area contributed by atoms with Crippen LogP contribution in [0.4, 0.5) is 5.82 Å². The Morgan fingerprint density at radius 3 is 3.00 bits per heavy atom.